The summed E-state index contributed by atoms with van der Waals surface area (Å²) in [6.07, 6.45) is 0.650. The molecule has 0 saturated carbocycles. The molecule has 3 N–H and O–H groups in total. The van der Waals surface area contributed by atoms with E-state index in [2.05, 4.69) is 29.4 Å². The Morgan fingerprint density at radius 1 is 1.25 bits per heavy atom. The number of benzene rings is 1. The minimum Gasteiger partial charge on any atom is -0.370 e. The number of nitrogens with zero attached hydrogens (tertiary/aromatic N) is 3. The van der Waals surface area contributed by atoms with E-state index in [4.69, 9.17) is 17.3 Å². The molecule has 152 valence electrons. The normalized spacial score (nSPS) is 12.2. The van der Waals surface area contributed by atoms with E-state index in [0.29, 0.717) is 41.4 Å². The number of hydrogen-bond acceptors (Lipinski definition) is 5. The Morgan fingerprint density at radius 3 is 2.61 bits per heavy atom. The maximum atomic E-state index is 12.5. The molecule has 0 aliphatic rings. The van der Waals surface area contributed by atoms with Gasteiger partial charge < -0.3 is 15.6 Å². The van der Waals surface area contributed by atoms with Gasteiger partial charge in [0.2, 0.25) is 11.8 Å². The van der Waals surface area contributed by atoms with Gasteiger partial charge in [-0.25, -0.2) is 0 Å². The van der Waals surface area contributed by atoms with Gasteiger partial charge in [0.05, 0.1) is 5.25 Å². The summed E-state index contributed by atoms with van der Waals surface area (Å²) >= 11 is 7.47. The van der Waals surface area contributed by atoms with E-state index in [1.807, 2.05) is 29.7 Å². The smallest absolute Gasteiger partial charge is 0.233 e. The molecule has 0 saturated heterocycles. The van der Waals surface area contributed by atoms with Crippen molar-refractivity contribution in [2.45, 2.75) is 57.1 Å². The Morgan fingerprint density at radius 2 is 1.96 bits per heavy atom. The zero-order chi connectivity index (χ0) is 20.7. The first-order valence-corrected chi connectivity index (χ1v) is 10.4. The maximum Gasteiger partial charge on any atom is 0.233 e. The van der Waals surface area contributed by atoms with Crippen LogP contribution < -0.4 is 11.1 Å². The molecular weight excluding hydrogens is 398 g/mol. The van der Waals surface area contributed by atoms with Crippen molar-refractivity contribution in [2.24, 2.45) is 11.7 Å². The minimum absolute atomic E-state index is 0.109. The highest BCUT2D eigenvalue weighted by Gasteiger charge is 2.21. The lowest BCUT2D eigenvalue weighted by Crippen LogP contribution is -2.30. The number of rotatable bonds is 10. The predicted octanol–water partition coefficient (Wildman–Crippen LogP) is 2.80. The van der Waals surface area contributed by atoms with E-state index in [0.717, 1.165) is 5.56 Å². The highest BCUT2D eigenvalue weighted by atomic mass is 35.5. The molecule has 2 amide bonds. The van der Waals surface area contributed by atoms with Crippen molar-refractivity contribution in [1.29, 1.82) is 0 Å². The topological polar surface area (TPSA) is 103 Å². The molecule has 1 atom stereocenters. The quantitative estimate of drug-likeness (QED) is 0.572. The molecule has 2 rings (SSSR count). The third kappa shape index (κ3) is 6.53. The van der Waals surface area contributed by atoms with Gasteiger partial charge in [0.1, 0.15) is 5.82 Å². The Balaban J connectivity index is 2.03. The van der Waals surface area contributed by atoms with Crippen molar-refractivity contribution in [3.8, 4) is 0 Å². The Bertz CT molecular complexity index is 824. The van der Waals surface area contributed by atoms with Crippen LogP contribution in [0, 0.1) is 5.92 Å². The first kappa shape index (κ1) is 22.2. The molecule has 0 unspecified atom stereocenters. The molecule has 9 heteroatoms. The van der Waals surface area contributed by atoms with Crippen molar-refractivity contribution < 1.29 is 9.59 Å². The first-order chi connectivity index (χ1) is 13.3. The molecule has 0 spiro atoms. The van der Waals surface area contributed by atoms with Crippen LogP contribution in [0.15, 0.2) is 29.4 Å². The number of amides is 2. The lowest BCUT2D eigenvalue weighted by atomic mass is 10.2. The van der Waals surface area contributed by atoms with Crippen LogP contribution in [0.1, 0.15) is 38.6 Å². The first-order valence-electron chi connectivity index (χ1n) is 9.16. The van der Waals surface area contributed by atoms with E-state index in [9.17, 15) is 9.59 Å². The minimum atomic E-state index is -0.374. The second-order valence-corrected chi connectivity index (χ2v) is 8.65. The van der Waals surface area contributed by atoms with Crippen LogP contribution in [0.4, 0.5) is 0 Å². The van der Waals surface area contributed by atoms with E-state index >= 15 is 0 Å². The number of nitrogens with one attached hydrogen (secondary N) is 1. The second-order valence-electron chi connectivity index (χ2n) is 6.94. The molecule has 28 heavy (non-hydrogen) atoms. The number of aromatic nitrogens is 3. The summed E-state index contributed by atoms with van der Waals surface area (Å²) in [6, 6.07) is 7.41. The summed E-state index contributed by atoms with van der Waals surface area (Å²) in [4.78, 5) is 23.6. The summed E-state index contributed by atoms with van der Waals surface area (Å²) in [5.74, 6) is 0.592. The van der Waals surface area contributed by atoms with E-state index in [-0.39, 0.29) is 23.5 Å². The van der Waals surface area contributed by atoms with Gasteiger partial charge in [-0.05, 0) is 24.5 Å². The molecule has 0 bridgehead atoms. The lowest BCUT2D eigenvalue weighted by Gasteiger charge is -2.15. The number of halogens is 1. The average Bonchev–Trinajstić information content (AvgIpc) is 2.99. The van der Waals surface area contributed by atoms with Crippen LogP contribution in [0.25, 0.3) is 0 Å². The van der Waals surface area contributed by atoms with Crippen molar-refractivity contribution >= 4 is 35.2 Å². The summed E-state index contributed by atoms with van der Waals surface area (Å²) in [5.41, 5.74) is 6.11. The fraction of sp³-hybridized carbons (Fsp3) is 0.474. The molecule has 1 aromatic carbocycles. The zero-order valence-electron chi connectivity index (χ0n) is 16.3. The number of aryl methyl sites for hydroxylation is 1. The van der Waals surface area contributed by atoms with Gasteiger partial charge in [0.25, 0.3) is 0 Å². The fourth-order valence-corrected chi connectivity index (χ4v) is 3.66. The molecular formula is C19H26ClN5O2S. The molecule has 0 fully saturated rings. The lowest BCUT2D eigenvalue weighted by molar-refractivity contribution is -0.120. The van der Waals surface area contributed by atoms with Crippen LogP contribution in [-0.4, -0.2) is 31.8 Å². The Hall–Kier alpha value is -2.06. The molecule has 0 aliphatic heterocycles. The van der Waals surface area contributed by atoms with Crippen molar-refractivity contribution in [3.63, 3.8) is 0 Å². The number of carbonyl (C=O) groups excluding carboxylic acids is 2. The molecule has 7 nitrogen and oxygen atoms in total. The van der Waals surface area contributed by atoms with Gasteiger partial charge in [0, 0.05) is 31.0 Å². The molecule has 1 heterocycles. The SMILES string of the molecule is CC(C)Cn1c(CCC(N)=O)nnc1S[C@@H](C)C(=O)NCc1ccccc1Cl. The van der Waals surface area contributed by atoms with Crippen LogP contribution >= 0.6 is 23.4 Å². The molecule has 2 aromatic rings. The van der Waals surface area contributed by atoms with Crippen LogP contribution in [0.3, 0.4) is 0 Å². The molecule has 1 aromatic heterocycles. The fourth-order valence-electron chi connectivity index (χ4n) is 2.55. The van der Waals surface area contributed by atoms with E-state index in [1.165, 1.54) is 11.8 Å². The zero-order valence-corrected chi connectivity index (χ0v) is 17.9. The third-order valence-corrected chi connectivity index (χ3v) is 5.45. The largest absolute Gasteiger partial charge is 0.370 e. The summed E-state index contributed by atoms with van der Waals surface area (Å²) < 4.78 is 1.97. The highest BCUT2D eigenvalue weighted by molar-refractivity contribution is 8.00. The number of thioether (sulfide) groups is 1. The van der Waals surface area contributed by atoms with Gasteiger partial charge in [-0.3, -0.25) is 9.59 Å². The summed E-state index contributed by atoms with van der Waals surface area (Å²) in [5, 5.41) is 12.2. The number of nitrogens with two attached hydrogens (primary N) is 1. The van der Waals surface area contributed by atoms with Gasteiger partial charge in [-0.1, -0.05) is 55.4 Å². The van der Waals surface area contributed by atoms with E-state index < -0.39 is 0 Å². The number of hydrogen-bond donors (Lipinski definition) is 2. The number of primary amides is 1. The summed E-state index contributed by atoms with van der Waals surface area (Å²) in [7, 11) is 0. The van der Waals surface area contributed by atoms with Gasteiger partial charge >= 0.3 is 0 Å². The van der Waals surface area contributed by atoms with Crippen LogP contribution in [0.2, 0.25) is 5.02 Å². The van der Waals surface area contributed by atoms with Gasteiger partial charge in [-0.15, -0.1) is 10.2 Å². The second kappa shape index (κ2) is 10.5. The summed E-state index contributed by atoms with van der Waals surface area (Å²) in [6.45, 7) is 7.07. The molecule has 0 radical (unpaired) electrons. The van der Waals surface area contributed by atoms with Crippen LogP contribution in [-0.2, 0) is 29.1 Å². The van der Waals surface area contributed by atoms with Gasteiger partial charge in [0.15, 0.2) is 5.16 Å². The molecule has 0 aliphatic carbocycles. The van der Waals surface area contributed by atoms with Crippen molar-refractivity contribution in [2.75, 3.05) is 0 Å². The maximum absolute atomic E-state index is 12.5. The standard InChI is InChI=1S/C19H26ClN5O2S/c1-12(2)11-25-17(9-8-16(21)26)23-24-19(25)28-13(3)18(27)22-10-14-6-4-5-7-15(14)20/h4-7,12-13H,8-11H2,1-3H3,(H2,21,26)(H,22,27)/t13-/m0/s1. The Kier molecular flexibility index (Phi) is 8.32. The van der Waals surface area contributed by atoms with Crippen LogP contribution in [0.5, 0.6) is 0 Å². The Labute approximate surface area is 174 Å². The average molecular weight is 424 g/mol. The van der Waals surface area contributed by atoms with Crippen molar-refractivity contribution in [1.82, 2.24) is 20.1 Å². The van der Waals surface area contributed by atoms with Gasteiger partial charge in [-0.2, -0.15) is 0 Å². The van der Waals surface area contributed by atoms with Crippen molar-refractivity contribution in [3.05, 3.63) is 40.7 Å². The number of carbonyl (C=O) groups is 2. The predicted molar refractivity (Wildman–Crippen MR) is 111 cm³/mol. The van der Waals surface area contributed by atoms with E-state index in [1.54, 1.807) is 6.07 Å². The third-order valence-electron chi connectivity index (χ3n) is 4.00. The monoisotopic (exact) mass is 423 g/mol. The highest BCUT2D eigenvalue weighted by Crippen LogP contribution is 2.24.